The van der Waals surface area contributed by atoms with E-state index in [1.165, 1.54) is 16.4 Å². The average Bonchev–Trinajstić information content (AvgIpc) is 2.63. The van der Waals surface area contributed by atoms with Crippen molar-refractivity contribution < 1.29 is 13.3 Å². The lowest BCUT2D eigenvalue weighted by Crippen LogP contribution is -2.29. The van der Waals surface area contributed by atoms with Crippen LogP contribution in [0.25, 0.3) is 0 Å². The fourth-order valence-electron chi connectivity index (χ4n) is 2.22. The molecule has 21 heavy (non-hydrogen) atoms. The number of halogens is 1. The Labute approximate surface area is 128 Å². The number of nitro groups is 1. The van der Waals surface area contributed by atoms with Crippen LogP contribution in [0.15, 0.2) is 34.9 Å². The largest absolute Gasteiger partial charge is 0.289 e. The summed E-state index contributed by atoms with van der Waals surface area (Å²) in [5, 5.41) is 10.8. The number of benzene rings is 1. The van der Waals surface area contributed by atoms with Crippen molar-refractivity contribution in [1.82, 2.24) is 4.31 Å². The van der Waals surface area contributed by atoms with Gasteiger partial charge in [-0.2, -0.15) is 0 Å². The van der Waals surface area contributed by atoms with Crippen LogP contribution in [0.2, 0.25) is 5.02 Å². The third-order valence-electron chi connectivity index (χ3n) is 3.35. The van der Waals surface area contributed by atoms with Gasteiger partial charge in [0.2, 0.25) is 0 Å². The van der Waals surface area contributed by atoms with Gasteiger partial charge < -0.3 is 0 Å². The van der Waals surface area contributed by atoms with Gasteiger partial charge in [-0.25, -0.2) is 8.42 Å². The molecule has 0 unspecified atom stereocenters. The molecule has 8 heteroatoms. The van der Waals surface area contributed by atoms with Gasteiger partial charge in [0, 0.05) is 18.3 Å². The molecule has 0 bridgehead atoms. The summed E-state index contributed by atoms with van der Waals surface area (Å²) in [6, 6.07) is 3.54. The molecule has 0 fully saturated rings. The van der Waals surface area contributed by atoms with Crippen LogP contribution < -0.4 is 0 Å². The highest BCUT2D eigenvalue weighted by molar-refractivity contribution is 7.89. The lowest BCUT2D eigenvalue weighted by atomic mass is 10.2. The van der Waals surface area contributed by atoms with Gasteiger partial charge in [0.1, 0.15) is 5.02 Å². The molecule has 0 atom stereocenters. The second-order valence-corrected chi connectivity index (χ2v) is 7.06. The van der Waals surface area contributed by atoms with Gasteiger partial charge in [0.15, 0.2) is 0 Å². The zero-order chi connectivity index (χ0) is 15.6. The highest BCUT2D eigenvalue weighted by Gasteiger charge is 2.27. The summed E-state index contributed by atoms with van der Waals surface area (Å²) in [5.41, 5.74) is 0.235. The van der Waals surface area contributed by atoms with Crippen LogP contribution in [0.1, 0.15) is 26.2 Å². The number of nitrogens with zero attached hydrogens (tertiary/aromatic N) is 2. The molecule has 0 saturated carbocycles. The van der Waals surface area contributed by atoms with Crippen molar-refractivity contribution in [3.05, 3.63) is 45.1 Å². The summed E-state index contributed by atoms with van der Waals surface area (Å²) < 4.78 is 26.6. The van der Waals surface area contributed by atoms with E-state index in [1.807, 2.05) is 6.08 Å². The molecule has 0 saturated heterocycles. The number of sulfonamides is 1. The molecule has 0 aromatic heterocycles. The SMILES string of the molecule is CC1=CCCCCN1S(=O)(=O)c1ccc(Cl)c([N+](=O)[O-])c1. The van der Waals surface area contributed by atoms with E-state index in [4.69, 9.17) is 11.6 Å². The fraction of sp³-hybridized carbons (Fsp3) is 0.385. The molecule has 0 N–H and O–H groups in total. The molecular formula is C13H15ClN2O4S. The van der Waals surface area contributed by atoms with Crippen LogP contribution in [-0.2, 0) is 10.0 Å². The number of rotatable bonds is 3. The van der Waals surface area contributed by atoms with Crippen LogP contribution in [0, 0.1) is 10.1 Å². The molecule has 0 spiro atoms. The van der Waals surface area contributed by atoms with Crippen LogP contribution in [0.5, 0.6) is 0 Å². The average molecular weight is 331 g/mol. The highest BCUT2D eigenvalue weighted by Crippen LogP contribution is 2.30. The molecule has 1 aliphatic rings. The van der Waals surface area contributed by atoms with Gasteiger partial charge in [-0.15, -0.1) is 0 Å². The van der Waals surface area contributed by atoms with E-state index in [0.29, 0.717) is 12.2 Å². The maximum atomic E-state index is 12.7. The van der Waals surface area contributed by atoms with Gasteiger partial charge in [0.05, 0.1) is 9.82 Å². The van der Waals surface area contributed by atoms with E-state index in [2.05, 4.69) is 0 Å². The summed E-state index contributed by atoms with van der Waals surface area (Å²) in [6.07, 6.45) is 4.38. The van der Waals surface area contributed by atoms with Gasteiger partial charge in [-0.1, -0.05) is 17.7 Å². The van der Waals surface area contributed by atoms with Gasteiger partial charge >= 0.3 is 0 Å². The topological polar surface area (TPSA) is 80.5 Å². The Balaban J connectivity index is 2.49. The van der Waals surface area contributed by atoms with Crippen LogP contribution >= 0.6 is 11.6 Å². The normalized spacial score (nSPS) is 16.3. The maximum Gasteiger partial charge on any atom is 0.289 e. The highest BCUT2D eigenvalue weighted by atomic mass is 35.5. The minimum absolute atomic E-state index is 0.0814. The Bertz CT molecular complexity index is 700. The molecule has 1 aromatic carbocycles. The summed E-state index contributed by atoms with van der Waals surface area (Å²) >= 11 is 5.72. The summed E-state index contributed by atoms with van der Waals surface area (Å²) in [7, 11) is -3.81. The molecule has 1 aliphatic heterocycles. The first-order chi connectivity index (χ1) is 9.84. The molecule has 0 aliphatic carbocycles. The van der Waals surface area contributed by atoms with Crippen LogP contribution in [0.4, 0.5) is 5.69 Å². The summed E-state index contributed by atoms with van der Waals surface area (Å²) in [5.74, 6) is 0. The molecule has 2 rings (SSSR count). The van der Waals surface area contributed by atoms with Crippen molar-refractivity contribution in [3.8, 4) is 0 Å². The van der Waals surface area contributed by atoms with E-state index >= 15 is 0 Å². The lowest BCUT2D eigenvalue weighted by molar-refractivity contribution is -0.384. The molecule has 114 valence electrons. The second-order valence-electron chi connectivity index (χ2n) is 4.79. The number of hydrogen-bond acceptors (Lipinski definition) is 4. The number of hydrogen-bond donors (Lipinski definition) is 0. The predicted octanol–water partition coefficient (Wildman–Crippen LogP) is 3.33. The van der Waals surface area contributed by atoms with Crippen molar-refractivity contribution in [1.29, 1.82) is 0 Å². The van der Waals surface area contributed by atoms with Gasteiger partial charge in [-0.3, -0.25) is 14.4 Å². The van der Waals surface area contributed by atoms with Gasteiger partial charge in [0.25, 0.3) is 15.7 Å². The molecule has 0 amide bonds. The zero-order valence-corrected chi connectivity index (χ0v) is 13.0. The predicted molar refractivity (Wildman–Crippen MR) is 79.6 cm³/mol. The Kier molecular flexibility index (Phi) is 4.53. The minimum atomic E-state index is -3.81. The smallest absolute Gasteiger partial charge is 0.271 e. The number of nitro benzene ring substituents is 1. The van der Waals surface area contributed by atoms with Crippen molar-refractivity contribution in [3.63, 3.8) is 0 Å². The Morgan fingerprint density at radius 3 is 2.71 bits per heavy atom. The first-order valence-electron chi connectivity index (χ1n) is 6.47. The Hall–Kier alpha value is -1.60. The van der Waals surface area contributed by atoms with Crippen molar-refractivity contribution in [2.45, 2.75) is 31.1 Å². The third kappa shape index (κ3) is 3.19. The van der Waals surface area contributed by atoms with Crippen molar-refractivity contribution >= 4 is 27.3 Å². The first kappa shape index (κ1) is 15.8. The molecule has 1 aromatic rings. The fourth-order valence-corrected chi connectivity index (χ4v) is 3.98. The molecule has 6 nitrogen and oxygen atoms in total. The van der Waals surface area contributed by atoms with E-state index < -0.39 is 20.6 Å². The third-order valence-corrected chi connectivity index (χ3v) is 5.57. The quantitative estimate of drug-likeness (QED) is 0.629. The zero-order valence-electron chi connectivity index (χ0n) is 11.5. The van der Waals surface area contributed by atoms with Crippen LogP contribution in [0.3, 0.4) is 0 Å². The standard InChI is InChI=1S/C13H15ClN2O4S/c1-10-5-3-2-4-8-15(10)21(19,20)11-6-7-12(14)13(9-11)16(17)18/h5-7,9H,2-4,8H2,1H3. The minimum Gasteiger partial charge on any atom is -0.271 e. The summed E-state index contributed by atoms with van der Waals surface area (Å²) in [6.45, 7) is 2.11. The van der Waals surface area contributed by atoms with Gasteiger partial charge in [-0.05, 0) is 38.3 Å². The molecule has 0 radical (unpaired) electrons. The Morgan fingerprint density at radius 1 is 1.33 bits per heavy atom. The molecule has 1 heterocycles. The first-order valence-corrected chi connectivity index (χ1v) is 8.29. The van der Waals surface area contributed by atoms with E-state index in [0.717, 1.165) is 25.3 Å². The second kappa shape index (κ2) is 6.03. The van der Waals surface area contributed by atoms with E-state index in [9.17, 15) is 18.5 Å². The monoisotopic (exact) mass is 330 g/mol. The van der Waals surface area contributed by atoms with E-state index in [-0.39, 0.29) is 9.92 Å². The number of allylic oxidation sites excluding steroid dienone is 2. The van der Waals surface area contributed by atoms with Crippen LogP contribution in [-0.4, -0.2) is 24.2 Å². The molecular weight excluding hydrogens is 316 g/mol. The van der Waals surface area contributed by atoms with Crippen molar-refractivity contribution in [2.24, 2.45) is 0 Å². The van der Waals surface area contributed by atoms with E-state index in [1.54, 1.807) is 6.92 Å². The van der Waals surface area contributed by atoms with Crippen molar-refractivity contribution in [2.75, 3.05) is 6.54 Å². The maximum absolute atomic E-state index is 12.7. The Morgan fingerprint density at radius 2 is 2.05 bits per heavy atom. The lowest BCUT2D eigenvalue weighted by Gasteiger charge is -2.23. The summed E-state index contributed by atoms with van der Waals surface area (Å²) in [4.78, 5) is 10.1.